The van der Waals surface area contributed by atoms with Crippen LogP contribution in [0.25, 0.3) is 0 Å². The normalized spacial score (nSPS) is 18.9. The first-order chi connectivity index (χ1) is 9.83. The van der Waals surface area contributed by atoms with Crippen molar-refractivity contribution in [1.29, 1.82) is 0 Å². The lowest BCUT2D eigenvalue weighted by Crippen LogP contribution is -2.43. The van der Waals surface area contributed by atoms with Crippen LogP contribution < -0.4 is 0 Å². The first-order valence-corrected chi connectivity index (χ1v) is 7.43. The Morgan fingerprint density at radius 3 is 2.76 bits per heavy atom. The third-order valence-electron chi connectivity index (χ3n) is 3.49. The molecule has 1 fully saturated rings. The number of ether oxygens (including phenoxy) is 1. The molecule has 2 heterocycles. The lowest BCUT2D eigenvalue weighted by Gasteiger charge is -2.27. The van der Waals surface area contributed by atoms with E-state index in [2.05, 4.69) is 0 Å². The molecule has 1 aliphatic heterocycles. The van der Waals surface area contributed by atoms with Crippen LogP contribution in [0.2, 0.25) is 0 Å². The molecule has 1 amide bonds. The number of esters is 1. The third-order valence-corrected chi connectivity index (χ3v) is 3.49. The van der Waals surface area contributed by atoms with Gasteiger partial charge in [0.25, 0.3) is 5.91 Å². The Morgan fingerprint density at radius 1 is 1.43 bits per heavy atom. The summed E-state index contributed by atoms with van der Waals surface area (Å²) in [5.74, 6) is 0.193. The van der Waals surface area contributed by atoms with Crippen molar-refractivity contribution in [2.24, 2.45) is 0 Å². The summed E-state index contributed by atoms with van der Waals surface area (Å²) >= 11 is 0. The van der Waals surface area contributed by atoms with Crippen molar-refractivity contribution >= 4 is 11.9 Å². The van der Waals surface area contributed by atoms with E-state index in [0.717, 1.165) is 6.42 Å². The predicted molar refractivity (Wildman–Crippen MR) is 78.0 cm³/mol. The van der Waals surface area contributed by atoms with Gasteiger partial charge in [0.2, 0.25) is 0 Å². The molecular weight excluding hydrogens is 270 g/mol. The van der Waals surface area contributed by atoms with E-state index in [4.69, 9.17) is 9.15 Å². The topological polar surface area (TPSA) is 59.8 Å². The van der Waals surface area contributed by atoms with Gasteiger partial charge >= 0.3 is 5.97 Å². The Morgan fingerprint density at radius 2 is 2.14 bits per heavy atom. The maximum atomic E-state index is 12.6. The van der Waals surface area contributed by atoms with Gasteiger partial charge in [0, 0.05) is 13.0 Å². The summed E-state index contributed by atoms with van der Waals surface area (Å²) in [5, 5.41) is 0. The minimum absolute atomic E-state index is 0.144. The molecule has 0 bridgehead atoms. The quantitative estimate of drug-likeness (QED) is 0.804. The zero-order chi connectivity index (χ0) is 15.6. The molecule has 0 N–H and O–H groups in total. The molecule has 1 aromatic heterocycles. The molecule has 116 valence electrons. The molecule has 1 aromatic rings. The van der Waals surface area contributed by atoms with Gasteiger partial charge in [0.05, 0.1) is 11.8 Å². The van der Waals surface area contributed by atoms with Gasteiger partial charge in [-0.1, -0.05) is 6.92 Å². The van der Waals surface area contributed by atoms with Crippen LogP contribution in [0.15, 0.2) is 16.7 Å². The van der Waals surface area contributed by atoms with Gasteiger partial charge in [-0.3, -0.25) is 4.79 Å². The van der Waals surface area contributed by atoms with Gasteiger partial charge < -0.3 is 14.1 Å². The molecule has 1 atom stereocenters. The fourth-order valence-electron chi connectivity index (χ4n) is 2.58. The SMILES string of the molecule is CCc1occc1C(=O)N1CCC[C@H]1C(=O)OC(C)(C)C. The summed E-state index contributed by atoms with van der Waals surface area (Å²) in [6, 6.07) is 1.18. The number of hydrogen-bond donors (Lipinski definition) is 0. The van der Waals surface area contributed by atoms with Gasteiger partial charge in [-0.05, 0) is 39.7 Å². The average Bonchev–Trinajstić information content (AvgIpc) is 3.04. The number of amides is 1. The Kier molecular flexibility index (Phi) is 4.40. The first kappa shape index (κ1) is 15.6. The zero-order valence-electron chi connectivity index (χ0n) is 13.1. The average molecular weight is 293 g/mol. The van der Waals surface area contributed by atoms with Crippen LogP contribution in [0.5, 0.6) is 0 Å². The lowest BCUT2D eigenvalue weighted by molar-refractivity contribution is -0.159. The van der Waals surface area contributed by atoms with Crippen molar-refractivity contribution in [2.45, 2.75) is 58.6 Å². The van der Waals surface area contributed by atoms with Crippen LogP contribution in [0.3, 0.4) is 0 Å². The van der Waals surface area contributed by atoms with Gasteiger partial charge in [0.15, 0.2) is 0 Å². The molecule has 2 rings (SSSR count). The molecule has 1 aliphatic rings. The highest BCUT2D eigenvalue weighted by Crippen LogP contribution is 2.24. The number of aryl methyl sites for hydroxylation is 1. The van der Waals surface area contributed by atoms with Gasteiger partial charge in [-0.25, -0.2) is 4.79 Å². The highest BCUT2D eigenvalue weighted by molar-refractivity contribution is 5.98. The van der Waals surface area contributed by atoms with Crippen molar-refractivity contribution in [3.05, 3.63) is 23.7 Å². The van der Waals surface area contributed by atoms with E-state index in [1.165, 1.54) is 6.26 Å². The number of carbonyl (C=O) groups is 2. The van der Waals surface area contributed by atoms with E-state index in [-0.39, 0.29) is 11.9 Å². The third kappa shape index (κ3) is 3.46. The second kappa shape index (κ2) is 5.92. The maximum absolute atomic E-state index is 12.6. The Bertz CT molecular complexity index is 527. The first-order valence-electron chi connectivity index (χ1n) is 7.43. The Labute approximate surface area is 125 Å². The van der Waals surface area contributed by atoms with Crippen LogP contribution in [-0.4, -0.2) is 35.0 Å². The molecule has 5 heteroatoms. The number of furan rings is 1. The predicted octanol–water partition coefficient (Wildman–Crippen LogP) is 2.79. The molecule has 0 radical (unpaired) electrons. The number of carbonyl (C=O) groups excluding carboxylic acids is 2. The number of rotatable bonds is 3. The minimum Gasteiger partial charge on any atom is -0.469 e. The molecule has 0 aromatic carbocycles. The molecule has 0 saturated carbocycles. The van der Waals surface area contributed by atoms with Crippen molar-refractivity contribution in [3.8, 4) is 0 Å². The molecule has 0 spiro atoms. The van der Waals surface area contributed by atoms with Gasteiger partial charge in [-0.15, -0.1) is 0 Å². The van der Waals surface area contributed by atoms with Crippen molar-refractivity contribution < 1.29 is 18.7 Å². The maximum Gasteiger partial charge on any atom is 0.329 e. The summed E-state index contributed by atoms with van der Waals surface area (Å²) in [6.07, 6.45) is 3.64. The standard InChI is InChI=1S/C16H23NO4/c1-5-13-11(8-10-20-13)14(18)17-9-6-7-12(17)15(19)21-16(2,3)4/h8,10,12H,5-7,9H2,1-4H3/t12-/m0/s1. The van der Waals surface area contributed by atoms with E-state index >= 15 is 0 Å². The summed E-state index contributed by atoms with van der Waals surface area (Å²) in [7, 11) is 0. The minimum atomic E-state index is -0.543. The number of likely N-dealkylation sites (tertiary alicyclic amines) is 1. The van der Waals surface area contributed by atoms with Gasteiger partial charge in [-0.2, -0.15) is 0 Å². The molecule has 21 heavy (non-hydrogen) atoms. The van der Waals surface area contributed by atoms with Crippen molar-refractivity contribution in [3.63, 3.8) is 0 Å². The highest BCUT2D eigenvalue weighted by atomic mass is 16.6. The van der Waals surface area contributed by atoms with Crippen LogP contribution >= 0.6 is 0 Å². The molecular formula is C16H23NO4. The summed E-state index contributed by atoms with van der Waals surface area (Å²) in [4.78, 5) is 26.5. The second-order valence-electron chi connectivity index (χ2n) is 6.30. The van der Waals surface area contributed by atoms with Crippen molar-refractivity contribution in [2.75, 3.05) is 6.54 Å². The molecule has 5 nitrogen and oxygen atoms in total. The van der Waals surface area contributed by atoms with E-state index in [1.54, 1.807) is 11.0 Å². The summed E-state index contributed by atoms with van der Waals surface area (Å²) in [5.41, 5.74) is 0.00599. The highest BCUT2D eigenvalue weighted by Gasteiger charge is 2.38. The second-order valence-corrected chi connectivity index (χ2v) is 6.30. The Balaban J connectivity index is 2.15. The van der Waals surface area contributed by atoms with Crippen LogP contribution in [-0.2, 0) is 16.0 Å². The molecule has 1 saturated heterocycles. The van der Waals surface area contributed by atoms with Gasteiger partial charge in [0.1, 0.15) is 17.4 Å². The fourth-order valence-corrected chi connectivity index (χ4v) is 2.58. The largest absolute Gasteiger partial charge is 0.469 e. The van der Waals surface area contributed by atoms with Crippen molar-refractivity contribution in [1.82, 2.24) is 4.90 Å². The van der Waals surface area contributed by atoms with Crippen LogP contribution in [0.4, 0.5) is 0 Å². The number of hydrogen-bond acceptors (Lipinski definition) is 4. The van der Waals surface area contributed by atoms with E-state index in [1.807, 2.05) is 27.7 Å². The fraction of sp³-hybridized carbons (Fsp3) is 0.625. The van der Waals surface area contributed by atoms with Crippen LogP contribution in [0, 0.1) is 0 Å². The molecule has 0 unspecified atom stereocenters. The summed E-state index contributed by atoms with van der Waals surface area (Å²) < 4.78 is 10.7. The summed E-state index contributed by atoms with van der Waals surface area (Å²) in [6.45, 7) is 8.01. The van der Waals surface area contributed by atoms with E-state index in [9.17, 15) is 9.59 Å². The monoisotopic (exact) mass is 293 g/mol. The van der Waals surface area contributed by atoms with Crippen LogP contribution in [0.1, 0.15) is 56.7 Å². The smallest absolute Gasteiger partial charge is 0.329 e. The number of nitrogens with zero attached hydrogens (tertiary/aromatic N) is 1. The lowest BCUT2D eigenvalue weighted by atomic mass is 10.1. The van der Waals surface area contributed by atoms with E-state index in [0.29, 0.717) is 30.7 Å². The Hall–Kier alpha value is -1.78. The zero-order valence-corrected chi connectivity index (χ0v) is 13.1. The van der Waals surface area contributed by atoms with E-state index < -0.39 is 11.6 Å². The molecule has 0 aliphatic carbocycles.